The van der Waals surface area contributed by atoms with Crippen molar-refractivity contribution in [2.24, 2.45) is 0 Å². The van der Waals surface area contributed by atoms with Crippen LogP contribution in [0.3, 0.4) is 0 Å². The molecule has 6 heteroatoms. The van der Waals surface area contributed by atoms with E-state index in [0.717, 1.165) is 45.0 Å². The summed E-state index contributed by atoms with van der Waals surface area (Å²) in [5.74, 6) is 0.154. The van der Waals surface area contributed by atoms with Crippen LogP contribution in [0.1, 0.15) is 13.3 Å². The van der Waals surface area contributed by atoms with E-state index in [2.05, 4.69) is 15.1 Å². The maximum atomic E-state index is 11.9. The summed E-state index contributed by atoms with van der Waals surface area (Å²) < 4.78 is 23.7. The van der Waals surface area contributed by atoms with Gasteiger partial charge in [-0.05, 0) is 30.7 Å². The van der Waals surface area contributed by atoms with Gasteiger partial charge in [-0.2, -0.15) is 0 Å². The molecule has 1 N–H and O–H groups in total. The first-order chi connectivity index (χ1) is 10.6. The zero-order valence-corrected chi connectivity index (χ0v) is 14.0. The smallest absolute Gasteiger partial charge is 0.178 e. The minimum Gasteiger partial charge on any atom is -0.370 e. The first-order valence-corrected chi connectivity index (χ1v) is 9.78. The molecule has 3 rings (SSSR count). The first kappa shape index (κ1) is 15.8. The first-order valence-electron chi connectivity index (χ1n) is 8.12. The predicted molar refractivity (Wildman–Crippen MR) is 89.2 cm³/mol. The summed E-state index contributed by atoms with van der Waals surface area (Å²) >= 11 is 0. The standard InChI is InChI=1S/C16H25N3O2S/c1-2-22(20,21)16-5-3-14(4-6-16)19-10-7-15(13-19)18-11-8-17-9-12-18/h3-6,15,17H,2,7-13H2,1H3. The highest BCUT2D eigenvalue weighted by molar-refractivity contribution is 7.91. The van der Waals surface area contributed by atoms with Crippen LogP contribution in [0.4, 0.5) is 5.69 Å². The number of nitrogens with zero attached hydrogens (tertiary/aromatic N) is 2. The molecule has 0 radical (unpaired) electrons. The Morgan fingerprint density at radius 3 is 2.45 bits per heavy atom. The predicted octanol–water partition coefficient (Wildman–Crippen LogP) is 0.964. The van der Waals surface area contributed by atoms with E-state index >= 15 is 0 Å². The van der Waals surface area contributed by atoms with E-state index in [1.807, 2.05) is 12.1 Å². The fraction of sp³-hybridized carbons (Fsp3) is 0.625. The van der Waals surface area contributed by atoms with E-state index < -0.39 is 9.84 Å². The van der Waals surface area contributed by atoms with Gasteiger partial charge in [0.15, 0.2) is 9.84 Å². The third-order valence-corrected chi connectivity index (χ3v) is 6.52. The fourth-order valence-electron chi connectivity index (χ4n) is 3.35. The zero-order chi connectivity index (χ0) is 15.6. The van der Waals surface area contributed by atoms with Crippen LogP contribution in [-0.2, 0) is 9.84 Å². The van der Waals surface area contributed by atoms with Gasteiger partial charge in [0.2, 0.25) is 0 Å². The number of rotatable bonds is 4. The molecule has 122 valence electrons. The second-order valence-corrected chi connectivity index (χ2v) is 8.35. The molecule has 2 aliphatic rings. The molecule has 1 unspecified atom stereocenters. The highest BCUT2D eigenvalue weighted by atomic mass is 32.2. The topological polar surface area (TPSA) is 52.7 Å². The van der Waals surface area contributed by atoms with Gasteiger partial charge in [-0.15, -0.1) is 0 Å². The van der Waals surface area contributed by atoms with Crippen LogP contribution < -0.4 is 10.2 Å². The van der Waals surface area contributed by atoms with Gasteiger partial charge < -0.3 is 10.2 Å². The molecule has 0 saturated carbocycles. The normalized spacial score (nSPS) is 23.9. The van der Waals surface area contributed by atoms with Gasteiger partial charge in [0, 0.05) is 51.0 Å². The van der Waals surface area contributed by atoms with Crippen LogP contribution in [0, 0.1) is 0 Å². The van der Waals surface area contributed by atoms with Gasteiger partial charge >= 0.3 is 0 Å². The van der Waals surface area contributed by atoms with Crippen molar-refractivity contribution in [2.45, 2.75) is 24.3 Å². The number of hydrogen-bond donors (Lipinski definition) is 1. The van der Waals surface area contributed by atoms with Gasteiger partial charge in [-0.3, -0.25) is 4.90 Å². The van der Waals surface area contributed by atoms with E-state index in [9.17, 15) is 8.42 Å². The monoisotopic (exact) mass is 323 g/mol. The molecule has 1 aromatic rings. The van der Waals surface area contributed by atoms with Crippen molar-refractivity contribution in [2.75, 3.05) is 49.9 Å². The second kappa shape index (κ2) is 6.56. The highest BCUT2D eigenvalue weighted by Crippen LogP contribution is 2.25. The van der Waals surface area contributed by atoms with Gasteiger partial charge in [0.05, 0.1) is 10.6 Å². The molecule has 0 aliphatic carbocycles. The van der Waals surface area contributed by atoms with Crippen LogP contribution in [0.2, 0.25) is 0 Å². The summed E-state index contributed by atoms with van der Waals surface area (Å²) in [7, 11) is -3.10. The van der Waals surface area contributed by atoms with E-state index in [1.54, 1.807) is 19.1 Å². The Kier molecular flexibility index (Phi) is 4.70. The molecule has 0 spiro atoms. The molecule has 0 bridgehead atoms. The van der Waals surface area contributed by atoms with Crippen molar-refractivity contribution in [3.05, 3.63) is 24.3 Å². The second-order valence-electron chi connectivity index (χ2n) is 6.07. The fourth-order valence-corrected chi connectivity index (χ4v) is 4.24. The molecule has 22 heavy (non-hydrogen) atoms. The number of anilines is 1. The number of piperazine rings is 1. The minimum absolute atomic E-state index is 0.154. The average Bonchev–Trinajstić information content (AvgIpc) is 3.06. The van der Waals surface area contributed by atoms with Crippen LogP contribution in [0.15, 0.2) is 29.2 Å². The van der Waals surface area contributed by atoms with E-state index in [1.165, 1.54) is 6.42 Å². The van der Waals surface area contributed by atoms with E-state index in [4.69, 9.17) is 0 Å². The molecule has 2 fully saturated rings. The van der Waals surface area contributed by atoms with Gasteiger partial charge in [0.25, 0.3) is 0 Å². The van der Waals surface area contributed by atoms with Crippen LogP contribution in [0.25, 0.3) is 0 Å². The van der Waals surface area contributed by atoms with Crippen molar-refractivity contribution in [1.29, 1.82) is 0 Å². The molecule has 2 saturated heterocycles. The van der Waals surface area contributed by atoms with Gasteiger partial charge in [-0.1, -0.05) is 6.92 Å². The molecule has 1 aromatic carbocycles. The summed E-state index contributed by atoms with van der Waals surface area (Å²) in [5.41, 5.74) is 1.13. The lowest BCUT2D eigenvalue weighted by Gasteiger charge is -2.32. The lowest BCUT2D eigenvalue weighted by Crippen LogP contribution is -2.49. The summed E-state index contributed by atoms with van der Waals surface area (Å²) in [6.07, 6.45) is 1.19. The number of nitrogens with one attached hydrogen (secondary N) is 1. The highest BCUT2D eigenvalue weighted by Gasteiger charge is 2.28. The molecule has 0 amide bonds. The van der Waals surface area contributed by atoms with Gasteiger partial charge in [-0.25, -0.2) is 8.42 Å². The number of hydrogen-bond acceptors (Lipinski definition) is 5. The maximum Gasteiger partial charge on any atom is 0.178 e. The summed E-state index contributed by atoms with van der Waals surface area (Å²) in [6, 6.07) is 8.01. The number of sulfone groups is 1. The third-order valence-electron chi connectivity index (χ3n) is 4.77. The Labute approximate surface area is 133 Å². The molecular formula is C16H25N3O2S. The lowest BCUT2D eigenvalue weighted by molar-refractivity contribution is 0.185. The van der Waals surface area contributed by atoms with Crippen molar-refractivity contribution in [3.63, 3.8) is 0 Å². The van der Waals surface area contributed by atoms with Crippen LogP contribution in [0.5, 0.6) is 0 Å². The quantitative estimate of drug-likeness (QED) is 0.895. The molecule has 0 aromatic heterocycles. The van der Waals surface area contributed by atoms with Crippen LogP contribution >= 0.6 is 0 Å². The maximum absolute atomic E-state index is 11.9. The Balaban J connectivity index is 1.65. The SMILES string of the molecule is CCS(=O)(=O)c1ccc(N2CCC(N3CCNCC3)C2)cc1. The molecule has 1 atom stereocenters. The molecule has 2 aliphatic heterocycles. The van der Waals surface area contributed by atoms with E-state index in [-0.39, 0.29) is 5.75 Å². The third kappa shape index (κ3) is 3.29. The Bertz CT molecular complexity index is 594. The lowest BCUT2D eigenvalue weighted by atomic mass is 10.2. The average molecular weight is 323 g/mol. The van der Waals surface area contributed by atoms with Crippen molar-refractivity contribution < 1.29 is 8.42 Å². The summed E-state index contributed by atoms with van der Waals surface area (Å²) in [5, 5.41) is 3.39. The van der Waals surface area contributed by atoms with Crippen LogP contribution in [-0.4, -0.2) is 64.4 Å². The molecule has 2 heterocycles. The minimum atomic E-state index is -3.10. The molecular weight excluding hydrogens is 298 g/mol. The summed E-state index contributed by atoms with van der Waals surface area (Å²) in [6.45, 7) is 8.20. The zero-order valence-electron chi connectivity index (χ0n) is 13.2. The Morgan fingerprint density at radius 2 is 1.82 bits per heavy atom. The molecule has 5 nitrogen and oxygen atoms in total. The van der Waals surface area contributed by atoms with Gasteiger partial charge in [0.1, 0.15) is 0 Å². The van der Waals surface area contributed by atoms with Crippen molar-refractivity contribution >= 4 is 15.5 Å². The Morgan fingerprint density at radius 1 is 1.14 bits per heavy atom. The number of benzene rings is 1. The van der Waals surface area contributed by atoms with Crippen molar-refractivity contribution in [1.82, 2.24) is 10.2 Å². The van der Waals surface area contributed by atoms with Crippen molar-refractivity contribution in [3.8, 4) is 0 Å². The van der Waals surface area contributed by atoms with E-state index in [0.29, 0.717) is 10.9 Å². The summed E-state index contributed by atoms with van der Waals surface area (Å²) in [4.78, 5) is 5.37. The largest absolute Gasteiger partial charge is 0.370 e. The Hall–Kier alpha value is -1.11.